The van der Waals surface area contributed by atoms with Crippen LogP contribution < -0.4 is 5.56 Å². The third-order valence-corrected chi connectivity index (χ3v) is 4.97. The van der Waals surface area contributed by atoms with Crippen LogP contribution in [0.3, 0.4) is 0 Å². The monoisotopic (exact) mass is 372 g/mol. The van der Waals surface area contributed by atoms with E-state index in [0.717, 1.165) is 12.0 Å². The fraction of sp³-hybridized carbons (Fsp3) is 0.333. The van der Waals surface area contributed by atoms with Crippen LogP contribution in [-0.4, -0.2) is 32.2 Å². The molecule has 2 atom stereocenters. The van der Waals surface area contributed by atoms with Crippen molar-refractivity contribution in [2.24, 2.45) is 5.92 Å². The molecule has 2 heterocycles. The zero-order valence-electron chi connectivity index (χ0n) is 14.1. The molecule has 1 aliphatic rings. The third-order valence-electron chi connectivity index (χ3n) is 4.72. The largest absolute Gasteiger partial charge is 0.465 e. The Morgan fingerprint density at radius 2 is 2.15 bits per heavy atom. The molecule has 1 aliphatic carbocycles. The molecule has 4 rings (SSSR count). The summed E-state index contributed by atoms with van der Waals surface area (Å²) in [7, 11) is 0. The smallest absolute Gasteiger partial charge is 0.309 e. The number of halogens is 1. The lowest BCUT2D eigenvalue weighted by Crippen LogP contribution is -2.23. The van der Waals surface area contributed by atoms with Crippen molar-refractivity contribution in [1.82, 2.24) is 19.6 Å². The van der Waals surface area contributed by atoms with Crippen LogP contribution >= 0.6 is 11.6 Å². The van der Waals surface area contributed by atoms with Crippen LogP contribution in [0.15, 0.2) is 35.4 Å². The van der Waals surface area contributed by atoms with E-state index in [0.29, 0.717) is 28.5 Å². The van der Waals surface area contributed by atoms with E-state index in [9.17, 15) is 9.59 Å². The molecule has 0 spiro atoms. The summed E-state index contributed by atoms with van der Waals surface area (Å²) in [4.78, 5) is 32.9. The van der Waals surface area contributed by atoms with Gasteiger partial charge in [-0.05, 0) is 37.0 Å². The van der Waals surface area contributed by atoms with Gasteiger partial charge in [-0.25, -0.2) is 9.97 Å². The fourth-order valence-electron chi connectivity index (χ4n) is 3.18. The highest BCUT2D eigenvalue weighted by atomic mass is 35.5. The van der Waals surface area contributed by atoms with Gasteiger partial charge in [-0.3, -0.25) is 14.7 Å². The third kappa shape index (κ3) is 3.10. The molecule has 7 nitrogen and oxygen atoms in total. The second-order valence-corrected chi connectivity index (χ2v) is 6.86. The summed E-state index contributed by atoms with van der Waals surface area (Å²) < 4.78 is 6.66. The van der Waals surface area contributed by atoms with Gasteiger partial charge in [0.25, 0.3) is 11.3 Å². The average molecular weight is 373 g/mol. The molecule has 1 aromatic carbocycles. The number of nitrogens with one attached hydrogen (secondary N) is 1. The normalized spacial score (nSPS) is 18.8. The molecule has 1 saturated carbocycles. The minimum absolute atomic E-state index is 0.119. The van der Waals surface area contributed by atoms with Gasteiger partial charge in [0, 0.05) is 17.0 Å². The Morgan fingerprint density at radius 3 is 2.92 bits per heavy atom. The van der Waals surface area contributed by atoms with Crippen LogP contribution in [0.25, 0.3) is 5.78 Å². The summed E-state index contributed by atoms with van der Waals surface area (Å²) in [5, 5.41) is 3.40. The van der Waals surface area contributed by atoms with Crippen molar-refractivity contribution in [2.45, 2.75) is 25.7 Å². The van der Waals surface area contributed by atoms with Crippen LogP contribution in [0.1, 0.15) is 29.2 Å². The van der Waals surface area contributed by atoms with Gasteiger partial charge in [0.1, 0.15) is 6.33 Å². The first-order chi connectivity index (χ1) is 12.5. The number of carbonyl (C=O) groups excluding carboxylic acids is 1. The van der Waals surface area contributed by atoms with Crippen molar-refractivity contribution in [3.63, 3.8) is 0 Å². The standard InChI is InChI=1S/C18H17ClN4O3/c1-10-13(16(24)23-18(22-10)20-9-21-23)6-7-26-17(25)15-8-14(15)11-2-4-12(19)5-3-11/h2-5,9,14-15H,6-8H2,1H3,(H,20,21,22)/t14-,15+/m1/s1. The molecule has 0 unspecified atom stereocenters. The summed E-state index contributed by atoms with van der Waals surface area (Å²) in [5.41, 5.74) is 2.00. The number of ether oxygens (including phenoxy) is 1. The molecule has 0 saturated heterocycles. The molecule has 134 valence electrons. The number of fused-ring (bicyclic) bond motifs is 1. The summed E-state index contributed by atoms with van der Waals surface area (Å²) in [6.45, 7) is 1.91. The summed E-state index contributed by atoms with van der Waals surface area (Å²) in [5.74, 6) is 0.178. The highest BCUT2D eigenvalue weighted by Gasteiger charge is 2.45. The van der Waals surface area contributed by atoms with Crippen LogP contribution in [0.2, 0.25) is 5.02 Å². The lowest BCUT2D eigenvalue weighted by atomic mass is 10.1. The van der Waals surface area contributed by atoms with Crippen molar-refractivity contribution in [3.8, 4) is 0 Å². The minimum atomic E-state index is -0.224. The maximum atomic E-state index is 12.4. The molecule has 3 aromatic rings. The van der Waals surface area contributed by atoms with E-state index in [-0.39, 0.29) is 30.0 Å². The van der Waals surface area contributed by atoms with E-state index in [2.05, 4.69) is 15.1 Å². The first-order valence-corrected chi connectivity index (χ1v) is 8.76. The molecule has 0 radical (unpaired) electrons. The molecule has 26 heavy (non-hydrogen) atoms. The molecular formula is C18H17ClN4O3. The Kier molecular flexibility index (Phi) is 4.24. The number of nitrogens with zero attached hydrogens (tertiary/aromatic N) is 3. The van der Waals surface area contributed by atoms with Gasteiger partial charge in [-0.15, -0.1) is 0 Å². The van der Waals surface area contributed by atoms with E-state index in [4.69, 9.17) is 16.3 Å². The molecule has 0 aliphatic heterocycles. The van der Waals surface area contributed by atoms with Crippen LogP contribution in [0.5, 0.6) is 0 Å². The topological polar surface area (TPSA) is 89.3 Å². The van der Waals surface area contributed by atoms with E-state index in [1.807, 2.05) is 24.3 Å². The molecular weight excluding hydrogens is 356 g/mol. The van der Waals surface area contributed by atoms with Crippen LogP contribution in [-0.2, 0) is 16.0 Å². The van der Waals surface area contributed by atoms with Crippen molar-refractivity contribution >= 4 is 23.3 Å². The zero-order chi connectivity index (χ0) is 18.3. The predicted molar refractivity (Wildman–Crippen MR) is 95.3 cm³/mol. The molecule has 8 heteroatoms. The number of benzene rings is 1. The van der Waals surface area contributed by atoms with Gasteiger partial charge in [0.2, 0.25) is 0 Å². The highest BCUT2D eigenvalue weighted by Crippen LogP contribution is 2.48. The van der Waals surface area contributed by atoms with Gasteiger partial charge in [0.15, 0.2) is 0 Å². The van der Waals surface area contributed by atoms with Crippen molar-refractivity contribution in [3.05, 3.63) is 62.8 Å². The Hall–Kier alpha value is -2.67. The van der Waals surface area contributed by atoms with E-state index >= 15 is 0 Å². The van der Waals surface area contributed by atoms with Crippen LogP contribution in [0.4, 0.5) is 0 Å². The number of hydrogen-bond acceptors (Lipinski definition) is 5. The first kappa shape index (κ1) is 16.8. The van der Waals surface area contributed by atoms with E-state index in [1.165, 1.54) is 10.8 Å². The summed E-state index contributed by atoms with van der Waals surface area (Å²) >= 11 is 5.89. The fourth-order valence-corrected chi connectivity index (χ4v) is 3.30. The summed E-state index contributed by atoms with van der Waals surface area (Å²) in [6, 6.07) is 7.53. The lowest BCUT2D eigenvalue weighted by Gasteiger charge is -2.07. The number of aryl methyl sites for hydroxylation is 1. The zero-order valence-corrected chi connectivity index (χ0v) is 14.9. The number of carbonyl (C=O) groups is 1. The Labute approximate surface area is 154 Å². The second kappa shape index (κ2) is 6.57. The Bertz CT molecular complexity index is 1030. The quantitative estimate of drug-likeness (QED) is 0.694. The second-order valence-electron chi connectivity index (χ2n) is 6.42. The highest BCUT2D eigenvalue weighted by molar-refractivity contribution is 6.30. The van der Waals surface area contributed by atoms with E-state index in [1.54, 1.807) is 6.92 Å². The average Bonchev–Trinajstić information content (AvgIpc) is 3.29. The van der Waals surface area contributed by atoms with Gasteiger partial charge in [0.05, 0.1) is 18.2 Å². The first-order valence-electron chi connectivity index (χ1n) is 8.38. The predicted octanol–water partition coefficient (Wildman–Crippen LogP) is 2.27. The van der Waals surface area contributed by atoms with E-state index < -0.39 is 0 Å². The number of H-pyrrole nitrogens is 1. The SMILES string of the molecule is Cc1nc2nc[nH]n2c(=O)c1CCOC(=O)[C@H]1C[C@@H]1c1ccc(Cl)cc1. The summed E-state index contributed by atoms with van der Waals surface area (Å²) in [6.07, 6.45) is 2.52. The minimum Gasteiger partial charge on any atom is -0.465 e. The Balaban J connectivity index is 1.36. The van der Waals surface area contributed by atoms with Crippen molar-refractivity contribution in [1.29, 1.82) is 0 Å². The maximum Gasteiger partial charge on any atom is 0.309 e. The van der Waals surface area contributed by atoms with Crippen molar-refractivity contribution < 1.29 is 9.53 Å². The van der Waals surface area contributed by atoms with Gasteiger partial charge < -0.3 is 4.74 Å². The number of rotatable bonds is 5. The number of hydrogen-bond donors (Lipinski definition) is 1. The number of aromatic nitrogens is 4. The lowest BCUT2D eigenvalue weighted by molar-refractivity contribution is -0.145. The molecule has 1 fully saturated rings. The van der Waals surface area contributed by atoms with Gasteiger partial charge in [-0.2, -0.15) is 4.52 Å². The molecule has 0 amide bonds. The molecule has 0 bridgehead atoms. The molecule has 2 aromatic heterocycles. The maximum absolute atomic E-state index is 12.4. The van der Waals surface area contributed by atoms with Gasteiger partial charge in [-0.1, -0.05) is 23.7 Å². The number of esters is 1. The van der Waals surface area contributed by atoms with Gasteiger partial charge >= 0.3 is 5.97 Å². The van der Waals surface area contributed by atoms with Crippen LogP contribution in [0, 0.1) is 12.8 Å². The number of aromatic amines is 1. The van der Waals surface area contributed by atoms with Crippen molar-refractivity contribution in [2.75, 3.05) is 6.61 Å². The Morgan fingerprint density at radius 1 is 1.38 bits per heavy atom. The molecule has 1 N–H and O–H groups in total.